The van der Waals surface area contributed by atoms with Gasteiger partial charge in [-0.2, -0.15) is 0 Å². The standard InChI is InChI=1S/C15H31N/c1-12(2)7-6-8-16-14-9-13(3)10-15(4,5)11-14/h12-14,16H,6-11H2,1-5H3. The molecule has 1 N–H and O–H groups in total. The molecule has 0 aromatic heterocycles. The maximum atomic E-state index is 3.76. The highest BCUT2D eigenvalue weighted by molar-refractivity contribution is 4.86. The molecule has 0 aromatic carbocycles. The van der Waals surface area contributed by atoms with Crippen LogP contribution in [0.2, 0.25) is 0 Å². The van der Waals surface area contributed by atoms with Gasteiger partial charge in [0.05, 0.1) is 0 Å². The minimum atomic E-state index is 0.549. The highest BCUT2D eigenvalue weighted by atomic mass is 14.9. The maximum absolute atomic E-state index is 3.76. The smallest absolute Gasteiger partial charge is 0.00746 e. The minimum Gasteiger partial charge on any atom is -0.314 e. The van der Waals surface area contributed by atoms with E-state index in [4.69, 9.17) is 0 Å². The quantitative estimate of drug-likeness (QED) is 0.691. The van der Waals surface area contributed by atoms with Gasteiger partial charge in [-0.05, 0) is 55.9 Å². The Balaban J connectivity index is 2.21. The molecule has 0 heterocycles. The molecule has 2 atom stereocenters. The van der Waals surface area contributed by atoms with Crippen molar-refractivity contribution in [3.05, 3.63) is 0 Å². The van der Waals surface area contributed by atoms with Gasteiger partial charge in [0.2, 0.25) is 0 Å². The lowest BCUT2D eigenvalue weighted by Gasteiger charge is -2.39. The molecule has 0 aromatic rings. The Bertz CT molecular complexity index is 196. The zero-order valence-corrected chi connectivity index (χ0v) is 12.0. The Morgan fingerprint density at radius 2 is 1.94 bits per heavy atom. The van der Waals surface area contributed by atoms with E-state index >= 15 is 0 Å². The number of hydrogen-bond acceptors (Lipinski definition) is 1. The topological polar surface area (TPSA) is 12.0 Å². The van der Waals surface area contributed by atoms with Crippen molar-refractivity contribution in [1.29, 1.82) is 0 Å². The van der Waals surface area contributed by atoms with Crippen LogP contribution in [-0.4, -0.2) is 12.6 Å². The van der Waals surface area contributed by atoms with E-state index in [1.807, 2.05) is 0 Å². The summed E-state index contributed by atoms with van der Waals surface area (Å²) in [5, 5.41) is 3.76. The van der Waals surface area contributed by atoms with Crippen LogP contribution in [0.25, 0.3) is 0 Å². The van der Waals surface area contributed by atoms with Crippen LogP contribution in [0.15, 0.2) is 0 Å². The fourth-order valence-electron chi connectivity index (χ4n) is 3.32. The molecular weight excluding hydrogens is 194 g/mol. The normalized spacial score (nSPS) is 29.6. The number of rotatable bonds is 5. The van der Waals surface area contributed by atoms with Crippen LogP contribution in [0.5, 0.6) is 0 Å². The molecule has 0 amide bonds. The van der Waals surface area contributed by atoms with E-state index in [0.29, 0.717) is 5.41 Å². The summed E-state index contributed by atoms with van der Waals surface area (Å²) in [7, 11) is 0. The zero-order valence-electron chi connectivity index (χ0n) is 12.0. The van der Waals surface area contributed by atoms with Crippen molar-refractivity contribution < 1.29 is 0 Å². The van der Waals surface area contributed by atoms with E-state index in [-0.39, 0.29) is 0 Å². The van der Waals surface area contributed by atoms with Crippen molar-refractivity contribution in [3.8, 4) is 0 Å². The van der Waals surface area contributed by atoms with Gasteiger partial charge in [-0.15, -0.1) is 0 Å². The molecule has 1 aliphatic carbocycles. The molecule has 1 nitrogen and oxygen atoms in total. The molecular formula is C15H31N. The lowest BCUT2D eigenvalue weighted by molar-refractivity contribution is 0.151. The summed E-state index contributed by atoms with van der Waals surface area (Å²) in [6, 6.07) is 0.769. The van der Waals surface area contributed by atoms with E-state index in [0.717, 1.165) is 17.9 Å². The minimum absolute atomic E-state index is 0.549. The molecule has 0 radical (unpaired) electrons. The van der Waals surface area contributed by atoms with E-state index in [1.165, 1.54) is 38.6 Å². The van der Waals surface area contributed by atoms with Gasteiger partial charge in [-0.1, -0.05) is 34.6 Å². The first-order valence-electron chi connectivity index (χ1n) is 7.12. The average molecular weight is 225 g/mol. The van der Waals surface area contributed by atoms with Crippen molar-refractivity contribution in [2.45, 2.75) is 72.8 Å². The second-order valence-electron chi connectivity index (χ2n) is 7.10. The summed E-state index contributed by atoms with van der Waals surface area (Å²) in [6.07, 6.45) is 6.84. The van der Waals surface area contributed by atoms with Gasteiger partial charge in [0, 0.05) is 6.04 Å². The summed E-state index contributed by atoms with van der Waals surface area (Å²) in [5.41, 5.74) is 0.549. The molecule has 0 saturated heterocycles. The van der Waals surface area contributed by atoms with Crippen LogP contribution in [0.1, 0.15) is 66.7 Å². The first-order valence-corrected chi connectivity index (χ1v) is 7.12. The van der Waals surface area contributed by atoms with Crippen LogP contribution < -0.4 is 5.32 Å². The molecule has 16 heavy (non-hydrogen) atoms. The zero-order chi connectivity index (χ0) is 12.2. The Morgan fingerprint density at radius 1 is 1.25 bits per heavy atom. The van der Waals surface area contributed by atoms with Gasteiger partial charge in [-0.25, -0.2) is 0 Å². The second kappa shape index (κ2) is 6.05. The Labute approximate surface area is 102 Å². The Morgan fingerprint density at radius 3 is 2.50 bits per heavy atom. The molecule has 0 bridgehead atoms. The molecule has 1 heteroatoms. The van der Waals surface area contributed by atoms with Crippen molar-refractivity contribution in [1.82, 2.24) is 5.32 Å². The van der Waals surface area contributed by atoms with Gasteiger partial charge in [0.1, 0.15) is 0 Å². The lowest BCUT2D eigenvalue weighted by atomic mass is 9.70. The molecule has 1 fully saturated rings. The average Bonchev–Trinajstić information content (AvgIpc) is 2.08. The predicted octanol–water partition coefficient (Wildman–Crippen LogP) is 4.23. The van der Waals surface area contributed by atoms with Crippen LogP contribution in [0.4, 0.5) is 0 Å². The lowest BCUT2D eigenvalue weighted by Crippen LogP contribution is -2.40. The number of nitrogens with one attached hydrogen (secondary N) is 1. The molecule has 1 rings (SSSR count). The van der Waals surface area contributed by atoms with E-state index in [2.05, 4.69) is 39.9 Å². The highest BCUT2D eigenvalue weighted by Crippen LogP contribution is 2.38. The molecule has 0 aliphatic heterocycles. The fourth-order valence-corrected chi connectivity index (χ4v) is 3.32. The van der Waals surface area contributed by atoms with E-state index in [9.17, 15) is 0 Å². The van der Waals surface area contributed by atoms with Crippen molar-refractivity contribution in [2.75, 3.05) is 6.54 Å². The maximum Gasteiger partial charge on any atom is 0.00746 e. The van der Waals surface area contributed by atoms with Gasteiger partial charge >= 0.3 is 0 Å². The predicted molar refractivity (Wildman–Crippen MR) is 72.7 cm³/mol. The van der Waals surface area contributed by atoms with Crippen LogP contribution in [0.3, 0.4) is 0 Å². The molecule has 1 saturated carbocycles. The SMILES string of the molecule is CC(C)CCCNC1CC(C)CC(C)(C)C1. The van der Waals surface area contributed by atoms with Crippen LogP contribution in [-0.2, 0) is 0 Å². The van der Waals surface area contributed by atoms with Gasteiger partial charge < -0.3 is 5.32 Å². The summed E-state index contributed by atoms with van der Waals surface area (Å²) in [4.78, 5) is 0. The first kappa shape index (κ1) is 14.0. The van der Waals surface area contributed by atoms with Gasteiger partial charge in [-0.3, -0.25) is 0 Å². The molecule has 1 aliphatic rings. The molecule has 96 valence electrons. The van der Waals surface area contributed by atoms with Crippen LogP contribution >= 0.6 is 0 Å². The van der Waals surface area contributed by atoms with Gasteiger partial charge in [0.15, 0.2) is 0 Å². The van der Waals surface area contributed by atoms with E-state index < -0.39 is 0 Å². The third-order valence-corrected chi connectivity index (χ3v) is 3.78. The number of hydrogen-bond donors (Lipinski definition) is 1. The largest absolute Gasteiger partial charge is 0.314 e. The fraction of sp³-hybridized carbons (Fsp3) is 1.00. The van der Waals surface area contributed by atoms with E-state index in [1.54, 1.807) is 0 Å². The Kier molecular flexibility index (Phi) is 5.30. The van der Waals surface area contributed by atoms with Crippen molar-refractivity contribution in [3.63, 3.8) is 0 Å². The van der Waals surface area contributed by atoms with Crippen molar-refractivity contribution in [2.24, 2.45) is 17.3 Å². The second-order valence-corrected chi connectivity index (χ2v) is 7.10. The highest BCUT2D eigenvalue weighted by Gasteiger charge is 2.31. The summed E-state index contributed by atoms with van der Waals surface area (Å²) in [5.74, 6) is 1.75. The van der Waals surface area contributed by atoms with Crippen molar-refractivity contribution >= 4 is 0 Å². The van der Waals surface area contributed by atoms with Gasteiger partial charge in [0.25, 0.3) is 0 Å². The monoisotopic (exact) mass is 225 g/mol. The molecule has 0 spiro atoms. The van der Waals surface area contributed by atoms with Crippen LogP contribution in [0, 0.1) is 17.3 Å². The Hall–Kier alpha value is -0.0400. The third kappa shape index (κ3) is 5.34. The summed E-state index contributed by atoms with van der Waals surface area (Å²) < 4.78 is 0. The summed E-state index contributed by atoms with van der Waals surface area (Å²) in [6.45, 7) is 13.1. The summed E-state index contributed by atoms with van der Waals surface area (Å²) >= 11 is 0. The third-order valence-electron chi connectivity index (χ3n) is 3.78. The molecule has 2 unspecified atom stereocenters. The first-order chi connectivity index (χ1) is 7.39.